The van der Waals surface area contributed by atoms with Crippen molar-refractivity contribution in [3.05, 3.63) is 87.6 Å². The van der Waals surface area contributed by atoms with E-state index in [2.05, 4.69) is 5.32 Å². The van der Waals surface area contributed by atoms with Gasteiger partial charge in [-0.1, -0.05) is 30.3 Å². The predicted molar refractivity (Wildman–Crippen MR) is 109 cm³/mol. The van der Waals surface area contributed by atoms with Gasteiger partial charge in [-0.15, -0.1) is 11.3 Å². The molecule has 3 aromatic rings. The van der Waals surface area contributed by atoms with Crippen molar-refractivity contribution in [2.75, 3.05) is 6.54 Å². The van der Waals surface area contributed by atoms with E-state index in [1.807, 2.05) is 37.4 Å². The lowest BCUT2D eigenvalue weighted by Crippen LogP contribution is -2.31. The van der Waals surface area contributed by atoms with E-state index in [0.29, 0.717) is 10.4 Å². The Balaban J connectivity index is 1.85. The van der Waals surface area contributed by atoms with Crippen molar-refractivity contribution in [3.63, 3.8) is 0 Å². The third kappa shape index (κ3) is 4.28. The number of nitrogens with one attached hydrogen (secondary N) is 1. The minimum absolute atomic E-state index is 0.0174. The molecule has 0 saturated heterocycles. The molecule has 1 aromatic heterocycles. The molecule has 2 aromatic carbocycles. The molecule has 1 atom stereocenters. The standard InChI is InChI=1S/C21H21NO3S2/c1-15-10-11-17(13-16(15)2)21(23)22-14-20(19-9-6-12-26-19)27(24,25)18-7-4-3-5-8-18/h3-13,20H,14H2,1-2H3,(H,22,23)/t20-/m1/s1. The number of carbonyl (C=O) groups is 1. The Morgan fingerprint density at radius 1 is 1.00 bits per heavy atom. The van der Waals surface area contributed by atoms with Gasteiger partial charge < -0.3 is 5.32 Å². The summed E-state index contributed by atoms with van der Waals surface area (Å²) in [4.78, 5) is 13.5. The largest absolute Gasteiger partial charge is 0.350 e. The highest BCUT2D eigenvalue weighted by atomic mass is 32.2. The van der Waals surface area contributed by atoms with E-state index in [0.717, 1.165) is 11.1 Å². The number of rotatable bonds is 6. The smallest absolute Gasteiger partial charge is 0.251 e. The van der Waals surface area contributed by atoms with Crippen molar-refractivity contribution in [1.82, 2.24) is 5.32 Å². The first-order valence-corrected chi connectivity index (χ1v) is 11.0. The van der Waals surface area contributed by atoms with E-state index in [9.17, 15) is 13.2 Å². The van der Waals surface area contributed by atoms with Crippen LogP contribution >= 0.6 is 11.3 Å². The second-order valence-electron chi connectivity index (χ2n) is 6.37. The van der Waals surface area contributed by atoms with E-state index in [-0.39, 0.29) is 17.3 Å². The van der Waals surface area contributed by atoms with Crippen LogP contribution in [-0.4, -0.2) is 20.9 Å². The number of sulfone groups is 1. The first-order chi connectivity index (χ1) is 12.9. The van der Waals surface area contributed by atoms with Gasteiger partial charge in [-0.3, -0.25) is 4.79 Å². The van der Waals surface area contributed by atoms with Crippen LogP contribution in [-0.2, 0) is 9.84 Å². The van der Waals surface area contributed by atoms with Crippen LogP contribution in [0.1, 0.15) is 31.6 Å². The fourth-order valence-electron chi connectivity index (χ4n) is 2.78. The summed E-state index contributed by atoms with van der Waals surface area (Å²) in [5, 5.41) is 3.82. The summed E-state index contributed by atoms with van der Waals surface area (Å²) in [5.74, 6) is -0.275. The summed E-state index contributed by atoms with van der Waals surface area (Å²) in [6.07, 6.45) is 0. The number of carbonyl (C=O) groups excluding carboxylic acids is 1. The molecule has 0 radical (unpaired) electrons. The molecule has 0 spiro atoms. The van der Waals surface area contributed by atoms with Crippen molar-refractivity contribution in [2.45, 2.75) is 24.0 Å². The Labute approximate surface area is 163 Å². The van der Waals surface area contributed by atoms with Crippen molar-refractivity contribution in [2.24, 2.45) is 0 Å². The van der Waals surface area contributed by atoms with Gasteiger partial charge >= 0.3 is 0 Å². The lowest BCUT2D eigenvalue weighted by molar-refractivity contribution is 0.0953. The lowest BCUT2D eigenvalue weighted by Gasteiger charge is -2.17. The van der Waals surface area contributed by atoms with Crippen LogP contribution in [0.2, 0.25) is 0 Å². The molecule has 6 heteroatoms. The Hall–Kier alpha value is -2.44. The molecule has 0 saturated carbocycles. The number of hydrogen-bond donors (Lipinski definition) is 1. The molecule has 0 fully saturated rings. The number of aryl methyl sites for hydroxylation is 2. The molecule has 0 aliphatic carbocycles. The average molecular weight is 400 g/mol. The number of benzene rings is 2. The summed E-state index contributed by atoms with van der Waals surface area (Å²) in [6, 6.07) is 17.4. The fourth-order valence-corrected chi connectivity index (χ4v) is 5.59. The third-order valence-corrected chi connectivity index (χ3v) is 7.76. The van der Waals surface area contributed by atoms with Gasteiger partial charge in [0.05, 0.1) is 4.90 Å². The first kappa shape index (κ1) is 19.3. The summed E-state index contributed by atoms with van der Waals surface area (Å²) >= 11 is 1.37. The van der Waals surface area contributed by atoms with Crippen LogP contribution in [0.25, 0.3) is 0 Å². The van der Waals surface area contributed by atoms with E-state index in [1.54, 1.807) is 42.5 Å². The number of thiophene rings is 1. The molecule has 0 aliphatic rings. The van der Waals surface area contributed by atoms with E-state index < -0.39 is 15.1 Å². The number of amides is 1. The van der Waals surface area contributed by atoms with Gasteiger partial charge in [0.15, 0.2) is 9.84 Å². The Morgan fingerprint density at radius 3 is 2.37 bits per heavy atom. The second kappa shape index (κ2) is 8.06. The number of hydrogen-bond acceptors (Lipinski definition) is 4. The van der Waals surface area contributed by atoms with E-state index in [1.165, 1.54) is 11.3 Å². The van der Waals surface area contributed by atoms with Gasteiger partial charge in [-0.25, -0.2) is 8.42 Å². The molecule has 1 heterocycles. The summed E-state index contributed by atoms with van der Waals surface area (Å²) in [5.41, 5.74) is 2.66. The summed E-state index contributed by atoms with van der Waals surface area (Å²) in [7, 11) is -3.62. The van der Waals surface area contributed by atoms with Crippen molar-refractivity contribution < 1.29 is 13.2 Å². The first-order valence-electron chi connectivity index (χ1n) is 8.57. The Morgan fingerprint density at radius 2 is 1.74 bits per heavy atom. The molecule has 0 bridgehead atoms. The highest BCUT2D eigenvalue weighted by Gasteiger charge is 2.30. The van der Waals surface area contributed by atoms with E-state index in [4.69, 9.17) is 0 Å². The van der Waals surface area contributed by atoms with Crippen molar-refractivity contribution in [3.8, 4) is 0 Å². The molecule has 3 rings (SSSR count). The van der Waals surface area contributed by atoms with Gasteiger partial charge in [0, 0.05) is 17.0 Å². The highest BCUT2D eigenvalue weighted by Crippen LogP contribution is 2.31. The molecule has 1 amide bonds. The zero-order chi connectivity index (χ0) is 19.4. The van der Waals surface area contributed by atoms with Crippen LogP contribution in [0.4, 0.5) is 0 Å². The SMILES string of the molecule is Cc1ccc(C(=O)NC[C@H](c2cccs2)S(=O)(=O)c2ccccc2)cc1C. The fraction of sp³-hybridized carbons (Fsp3) is 0.190. The molecule has 1 N–H and O–H groups in total. The van der Waals surface area contributed by atoms with Crippen molar-refractivity contribution in [1.29, 1.82) is 0 Å². The summed E-state index contributed by atoms with van der Waals surface area (Å²) in [6.45, 7) is 3.94. The lowest BCUT2D eigenvalue weighted by atomic mass is 10.1. The quantitative estimate of drug-likeness (QED) is 0.672. The molecular formula is C21H21NO3S2. The molecular weight excluding hydrogens is 378 g/mol. The average Bonchev–Trinajstić information content (AvgIpc) is 3.19. The van der Waals surface area contributed by atoms with Gasteiger partial charge in [0.1, 0.15) is 5.25 Å². The van der Waals surface area contributed by atoms with Crippen LogP contribution in [0.3, 0.4) is 0 Å². The van der Waals surface area contributed by atoms with Crippen LogP contribution in [0.5, 0.6) is 0 Å². The molecule has 140 valence electrons. The minimum atomic E-state index is -3.62. The predicted octanol–water partition coefficient (Wildman–Crippen LogP) is 4.31. The molecule has 0 aliphatic heterocycles. The van der Waals surface area contributed by atoms with Gasteiger partial charge in [0.25, 0.3) is 5.91 Å². The Bertz CT molecular complexity index is 1030. The van der Waals surface area contributed by atoms with Crippen LogP contribution < -0.4 is 5.32 Å². The topological polar surface area (TPSA) is 63.2 Å². The molecule has 4 nitrogen and oxygen atoms in total. The summed E-state index contributed by atoms with van der Waals surface area (Å²) < 4.78 is 26.3. The maximum atomic E-state index is 13.1. The molecule has 0 unspecified atom stereocenters. The minimum Gasteiger partial charge on any atom is -0.350 e. The van der Waals surface area contributed by atoms with Gasteiger partial charge in [0.2, 0.25) is 0 Å². The van der Waals surface area contributed by atoms with Crippen molar-refractivity contribution >= 4 is 27.1 Å². The highest BCUT2D eigenvalue weighted by molar-refractivity contribution is 7.91. The van der Waals surface area contributed by atoms with Gasteiger partial charge in [-0.05, 0) is 60.7 Å². The van der Waals surface area contributed by atoms with E-state index >= 15 is 0 Å². The van der Waals surface area contributed by atoms with Crippen LogP contribution in [0, 0.1) is 13.8 Å². The maximum absolute atomic E-state index is 13.1. The zero-order valence-corrected chi connectivity index (χ0v) is 16.8. The monoisotopic (exact) mass is 399 g/mol. The Kier molecular flexibility index (Phi) is 5.77. The maximum Gasteiger partial charge on any atom is 0.251 e. The van der Waals surface area contributed by atoms with Crippen LogP contribution in [0.15, 0.2) is 70.9 Å². The normalized spacial score (nSPS) is 12.5. The van der Waals surface area contributed by atoms with Gasteiger partial charge in [-0.2, -0.15) is 0 Å². The third-order valence-electron chi connectivity index (χ3n) is 4.52. The zero-order valence-electron chi connectivity index (χ0n) is 15.2. The second-order valence-corrected chi connectivity index (χ2v) is 9.48. The molecule has 27 heavy (non-hydrogen) atoms.